The van der Waals surface area contributed by atoms with E-state index in [-0.39, 0.29) is 50.2 Å². The molecule has 250 valence electrons. The molecule has 1 aliphatic heterocycles. The van der Waals surface area contributed by atoms with Crippen molar-refractivity contribution >= 4 is 32.2 Å². The number of ether oxygens (including phenoxy) is 6. The van der Waals surface area contributed by atoms with Crippen LogP contribution in [0.2, 0.25) is 0 Å². The molecule has 5 atom stereocenters. The molecule has 0 aliphatic carbocycles. The quantitative estimate of drug-likeness (QED) is 0.106. The van der Waals surface area contributed by atoms with E-state index in [1.54, 1.807) is 14.0 Å². The monoisotopic (exact) mass is 648 g/mol. The Balaban J connectivity index is 2.45. The van der Waals surface area contributed by atoms with Gasteiger partial charge in [-0.05, 0) is 40.7 Å². The van der Waals surface area contributed by atoms with Crippen molar-refractivity contribution in [2.24, 2.45) is 0 Å². The summed E-state index contributed by atoms with van der Waals surface area (Å²) in [5.74, 6) is -1.29. The average Bonchev–Trinajstić information content (AvgIpc) is 3.21. The number of anilines is 1. The van der Waals surface area contributed by atoms with Gasteiger partial charge < -0.3 is 42.8 Å². The zero-order chi connectivity index (χ0) is 33.0. The van der Waals surface area contributed by atoms with Crippen LogP contribution in [0.25, 0.3) is 0 Å². The first-order valence-corrected chi connectivity index (χ1v) is 15.3. The van der Waals surface area contributed by atoms with E-state index in [1.165, 1.54) is 37.6 Å². The molecule has 1 N–H and O–H groups in total. The van der Waals surface area contributed by atoms with Crippen LogP contribution in [0, 0.1) is 0 Å². The minimum atomic E-state index is -1.62. The largest absolute Gasteiger partial charge is 0.463 e. The van der Waals surface area contributed by atoms with Crippen LogP contribution < -0.4 is 11.0 Å². The maximum Gasteiger partial charge on any atom is 0.351 e. The fourth-order valence-corrected chi connectivity index (χ4v) is 6.00. The van der Waals surface area contributed by atoms with Crippen LogP contribution >= 0.6 is 8.53 Å². The Morgan fingerprint density at radius 2 is 1.57 bits per heavy atom. The van der Waals surface area contributed by atoms with Crippen LogP contribution in [-0.2, 0) is 51.9 Å². The predicted molar refractivity (Wildman–Crippen MR) is 157 cm³/mol. The molecule has 2 heterocycles. The fraction of sp³-hybridized carbons (Fsp3) is 0.741. The van der Waals surface area contributed by atoms with Gasteiger partial charge in [-0.1, -0.05) is 0 Å². The highest BCUT2D eigenvalue weighted by atomic mass is 31.2. The predicted octanol–water partition coefficient (Wildman–Crippen LogP) is 2.32. The van der Waals surface area contributed by atoms with E-state index in [4.69, 9.17) is 37.5 Å². The lowest BCUT2D eigenvalue weighted by molar-refractivity contribution is -0.320. The molecule has 2 rings (SSSR count). The molecule has 1 aliphatic rings. The van der Waals surface area contributed by atoms with Gasteiger partial charge in [-0.15, -0.1) is 0 Å². The number of hydrogen-bond donors (Lipinski definition) is 1. The summed E-state index contributed by atoms with van der Waals surface area (Å²) in [5.41, 5.74) is -0.717. The van der Waals surface area contributed by atoms with E-state index in [2.05, 4.69) is 15.0 Å². The van der Waals surface area contributed by atoms with Crippen LogP contribution in [0.5, 0.6) is 0 Å². The zero-order valence-corrected chi connectivity index (χ0v) is 27.6. The molecule has 1 aromatic rings. The van der Waals surface area contributed by atoms with Crippen molar-refractivity contribution in [1.29, 1.82) is 0 Å². The van der Waals surface area contributed by atoms with Crippen LogP contribution in [0.4, 0.5) is 5.82 Å². The number of nitrogens with zero attached hydrogens (tertiary/aromatic N) is 3. The Kier molecular flexibility index (Phi) is 15.8. The summed E-state index contributed by atoms with van der Waals surface area (Å²) >= 11 is 0. The van der Waals surface area contributed by atoms with E-state index >= 15 is 0 Å². The molecule has 1 fully saturated rings. The van der Waals surface area contributed by atoms with Gasteiger partial charge in [0.2, 0.25) is 5.91 Å². The molecule has 44 heavy (non-hydrogen) atoms. The Morgan fingerprint density at radius 1 is 1.00 bits per heavy atom. The molecule has 0 bridgehead atoms. The van der Waals surface area contributed by atoms with Crippen LogP contribution in [0.1, 0.15) is 61.6 Å². The second-order valence-electron chi connectivity index (χ2n) is 10.3. The van der Waals surface area contributed by atoms with Crippen molar-refractivity contribution in [2.75, 3.05) is 38.9 Å². The topological polar surface area (TPSA) is 175 Å². The van der Waals surface area contributed by atoms with Crippen molar-refractivity contribution < 1.29 is 51.9 Å². The minimum absolute atomic E-state index is 0.0722. The molecular weight excluding hydrogens is 603 g/mol. The third kappa shape index (κ3) is 11.7. The van der Waals surface area contributed by atoms with E-state index in [1.807, 2.05) is 27.7 Å². The average molecular weight is 649 g/mol. The molecule has 0 saturated carbocycles. The first kappa shape index (κ1) is 37.6. The lowest BCUT2D eigenvalue weighted by Crippen LogP contribution is -2.43. The molecule has 3 unspecified atom stereocenters. The summed E-state index contributed by atoms with van der Waals surface area (Å²) in [6, 6.07) is 1.60. The van der Waals surface area contributed by atoms with Crippen molar-refractivity contribution in [3.63, 3.8) is 0 Å². The third-order valence-electron chi connectivity index (χ3n) is 6.00. The van der Waals surface area contributed by atoms with Gasteiger partial charge in [-0.25, -0.2) is 9.46 Å². The molecule has 1 amide bonds. The molecule has 17 heteroatoms. The number of carbonyl (C=O) groups excluding carboxylic acids is 3. The Hall–Kier alpha value is -2.56. The van der Waals surface area contributed by atoms with Crippen LogP contribution in [0.3, 0.4) is 0 Å². The Morgan fingerprint density at radius 3 is 2.02 bits per heavy atom. The highest BCUT2D eigenvalue weighted by Gasteiger charge is 2.49. The highest BCUT2D eigenvalue weighted by Crippen LogP contribution is 2.49. The van der Waals surface area contributed by atoms with E-state index < -0.39 is 57.2 Å². The van der Waals surface area contributed by atoms with Crippen LogP contribution in [-0.4, -0.2) is 102 Å². The first-order chi connectivity index (χ1) is 20.7. The van der Waals surface area contributed by atoms with Gasteiger partial charge in [0.25, 0.3) is 15.0 Å². The SMILES string of the molecule is COP(OC1C(OC(OCCOC(C)=O)OCCOC(C)=O)[C@H](n2ccc(NC(C)=O)nc2=O)O[C@@H]1C)N(C(C)C)C(C)C. The summed E-state index contributed by atoms with van der Waals surface area (Å²) in [5, 5.41) is 2.47. The molecular formula is C27H45N4O12P. The Bertz CT molecular complexity index is 1110. The van der Waals surface area contributed by atoms with Gasteiger partial charge in [0.05, 0.1) is 19.3 Å². The summed E-state index contributed by atoms with van der Waals surface area (Å²) in [4.78, 5) is 51.0. The summed E-state index contributed by atoms with van der Waals surface area (Å²) < 4.78 is 49.4. The van der Waals surface area contributed by atoms with E-state index in [9.17, 15) is 19.2 Å². The van der Waals surface area contributed by atoms with Crippen molar-refractivity contribution in [3.05, 3.63) is 22.7 Å². The second kappa shape index (κ2) is 18.4. The molecule has 0 spiro atoms. The normalized spacial score (nSPS) is 20.8. The van der Waals surface area contributed by atoms with Gasteiger partial charge in [0.15, 0.2) is 6.23 Å². The van der Waals surface area contributed by atoms with E-state index in [0.717, 1.165) is 0 Å². The fourth-order valence-electron chi connectivity index (χ4n) is 4.36. The lowest BCUT2D eigenvalue weighted by atomic mass is 10.1. The smallest absolute Gasteiger partial charge is 0.351 e. The number of rotatable bonds is 18. The maximum atomic E-state index is 13.1. The lowest BCUT2D eigenvalue weighted by Gasteiger charge is -2.37. The summed E-state index contributed by atoms with van der Waals surface area (Å²) in [7, 11) is -0.0693. The summed E-state index contributed by atoms with van der Waals surface area (Å²) in [6.07, 6.45) is -2.09. The minimum Gasteiger partial charge on any atom is -0.463 e. The van der Waals surface area contributed by atoms with Crippen molar-refractivity contribution in [2.45, 2.75) is 98.5 Å². The van der Waals surface area contributed by atoms with Crippen molar-refractivity contribution in [1.82, 2.24) is 14.2 Å². The molecule has 1 aromatic heterocycles. The second-order valence-corrected chi connectivity index (χ2v) is 11.8. The zero-order valence-electron chi connectivity index (χ0n) is 26.7. The number of esters is 2. The standard InChI is InChI=1S/C27H45N4O12P/c1-16(2)31(17(3)4)44(36-9)43-23-18(5)41-25(30-11-10-22(28-19(6)32)29-26(30)35)24(23)42-27(39-14-12-37-20(7)33)40-15-13-38-21(8)34/h10-11,16-18,23-25,27H,12-15H2,1-9H3,(H,28,29,32,35)/t18-,23?,24?,25-,44?/m1/s1. The number of hydrogen-bond acceptors (Lipinski definition) is 14. The number of carbonyl (C=O) groups is 3. The van der Waals surface area contributed by atoms with E-state index in [0.29, 0.717) is 0 Å². The third-order valence-corrected chi connectivity index (χ3v) is 8.04. The summed E-state index contributed by atoms with van der Waals surface area (Å²) in [6.45, 7) is 12.0. The van der Waals surface area contributed by atoms with Gasteiger partial charge >= 0.3 is 17.6 Å². The number of nitrogens with one attached hydrogen (secondary N) is 1. The molecule has 16 nitrogen and oxygen atoms in total. The van der Waals surface area contributed by atoms with Gasteiger partial charge in [0.1, 0.15) is 31.2 Å². The van der Waals surface area contributed by atoms with Crippen LogP contribution in [0.15, 0.2) is 17.1 Å². The number of amides is 1. The van der Waals surface area contributed by atoms with Gasteiger partial charge in [0, 0.05) is 46.2 Å². The molecule has 0 aromatic carbocycles. The molecule has 1 saturated heterocycles. The highest BCUT2D eigenvalue weighted by molar-refractivity contribution is 7.44. The maximum absolute atomic E-state index is 13.1. The molecule has 0 radical (unpaired) electrons. The van der Waals surface area contributed by atoms with Gasteiger partial charge in [-0.2, -0.15) is 4.98 Å². The van der Waals surface area contributed by atoms with Crippen molar-refractivity contribution in [3.8, 4) is 0 Å². The number of aromatic nitrogens is 2. The Labute approximate surface area is 258 Å². The first-order valence-electron chi connectivity index (χ1n) is 14.2. The van der Waals surface area contributed by atoms with Gasteiger partial charge in [-0.3, -0.25) is 19.0 Å².